The van der Waals surface area contributed by atoms with E-state index < -0.39 is 10.0 Å². The summed E-state index contributed by atoms with van der Waals surface area (Å²) in [6, 6.07) is 8.67. The summed E-state index contributed by atoms with van der Waals surface area (Å²) in [4.78, 5) is 11.3. The molecule has 0 spiro atoms. The molecule has 0 heterocycles. The van der Waals surface area contributed by atoms with Crippen molar-refractivity contribution in [2.45, 2.75) is 11.8 Å². The van der Waals surface area contributed by atoms with E-state index in [1.807, 2.05) is 0 Å². The Morgan fingerprint density at radius 3 is 2.23 bits per heavy atom. The van der Waals surface area contributed by atoms with Crippen molar-refractivity contribution in [3.05, 3.63) is 57.0 Å². The minimum Gasteiger partial charge on any atom is -0.294 e. The SMILES string of the molecule is CC(=O)c1ccccc1NS(=O)(=O)c1cc(Cl)c(Cl)cc1Cl. The molecule has 0 aliphatic heterocycles. The van der Waals surface area contributed by atoms with E-state index in [0.717, 1.165) is 6.07 Å². The highest BCUT2D eigenvalue weighted by molar-refractivity contribution is 7.92. The number of benzene rings is 2. The molecular formula is C14H10Cl3NO3S. The van der Waals surface area contributed by atoms with Gasteiger partial charge in [0, 0.05) is 5.56 Å². The van der Waals surface area contributed by atoms with Gasteiger partial charge in [-0.25, -0.2) is 8.42 Å². The topological polar surface area (TPSA) is 63.2 Å². The van der Waals surface area contributed by atoms with Gasteiger partial charge < -0.3 is 0 Å². The summed E-state index contributed by atoms with van der Waals surface area (Å²) in [5.41, 5.74) is 0.416. The largest absolute Gasteiger partial charge is 0.294 e. The first-order valence-electron chi connectivity index (χ1n) is 5.99. The standard InChI is InChI=1S/C14H10Cl3NO3S/c1-8(19)9-4-2-3-5-13(9)18-22(20,21)14-7-11(16)10(15)6-12(14)17/h2-7,18H,1H3. The smallest absolute Gasteiger partial charge is 0.263 e. The van der Waals surface area contributed by atoms with Crippen molar-refractivity contribution in [3.8, 4) is 0 Å². The van der Waals surface area contributed by atoms with Crippen LogP contribution in [0.25, 0.3) is 0 Å². The highest BCUT2D eigenvalue weighted by atomic mass is 35.5. The van der Waals surface area contributed by atoms with Crippen LogP contribution in [0.5, 0.6) is 0 Å². The van der Waals surface area contributed by atoms with Gasteiger partial charge in [0.05, 0.1) is 20.8 Å². The van der Waals surface area contributed by atoms with Crippen LogP contribution in [0, 0.1) is 0 Å². The molecule has 0 aliphatic carbocycles. The zero-order chi connectivity index (χ0) is 16.5. The Bertz CT molecular complexity index is 850. The third-order valence-corrected chi connectivity index (χ3v) is 5.37. The molecule has 2 rings (SSSR count). The van der Waals surface area contributed by atoms with Gasteiger partial charge in [0.25, 0.3) is 10.0 Å². The number of para-hydroxylation sites is 1. The molecule has 0 saturated carbocycles. The number of sulfonamides is 1. The number of halogens is 3. The summed E-state index contributed by atoms with van der Waals surface area (Å²) in [5, 5.41) is 0.142. The lowest BCUT2D eigenvalue weighted by Gasteiger charge is -2.12. The van der Waals surface area contributed by atoms with E-state index >= 15 is 0 Å². The van der Waals surface area contributed by atoms with E-state index in [9.17, 15) is 13.2 Å². The first kappa shape index (κ1) is 17.1. The van der Waals surface area contributed by atoms with Crippen LogP contribution in [-0.4, -0.2) is 14.2 Å². The molecule has 0 bridgehead atoms. The molecule has 0 saturated heterocycles. The molecular weight excluding hydrogens is 369 g/mol. The zero-order valence-corrected chi connectivity index (χ0v) is 14.3. The number of carbonyl (C=O) groups excluding carboxylic acids is 1. The van der Waals surface area contributed by atoms with Crippen molar-refractivity contribution in [2.75, 3.05) is 4.72 Å². The summed E-state index contributed by atoms with van der Waals surface area (Å²) in [5.74, 6) is -0.265. The Morgan fingerprint density at radius 2 is 1.59 bits per heavy atom. The third kappa shape index (κ3) is 3.55. The van der Waals surface area contributed by atoms with Crippen LogP contribution in [-0.2, 0) is 10.0 Å². The lowest BCUT2D eigenvalue weighted by atomic mass is 10.1. The minimum atomic E-state index is -4.02. The number of rotatable bonds is 4. The first-order chi connectivity index (χ1) is 10.2. The zero-order valence-electron chi connectivity index (χ0n) is 11.2. The lowest BCUT2D eigenvalue weighted by Crippen LogP contribution is -2.15. The fourth-order valence-corrected chi connectivity index (χ4v) is 3.87. The predicted octanol–water partition coefficient (Wildman–Crippen LogP) is 4.65. The molecule has 116 valence electrons. The number of Topliss-reactive ketones (excluding diaryl/α,β-unsaturated/α-hetero) is 1. The van der Waals surface area contributed by atoms with Crippen LogP contribution < -0.4 is 4.72 Å². The van der Waals surface area contributed by atoms with Crippen LogP contribution in [0.2, 0.25) is 15.1 Å². The van der Waals surface area contributed by atoms with Crippen molar-refractivity contribution in [3.63, 3.8) is 0 Å². The van der Waals surface area contributed by atoms with Gasteiger partial charge in [0.2, 0.25) is 0 Å². The molecule has 0 fully saturated rings. The number of carbonyl (C=O) groups is 1. The second-order valence-corrected chi connectivity index (χ2v) is 7.28. The van der Waals surface area contributed by atoms with E-state index in [-0.39, 0.29) is 37.0 Å². The molecule has 0 aromatic heterocycles. The van der Waals surface area contributed by atoms with Gasteiger partial charge in [-0.1, -0.05) is 46.9 Å². The van der Waals surface area contributed by atoms with Crippen LogP contribution in [0.15, 0.2) is 41.3 Å². The molecule has 4 nitrogen and oxygen atoms in total. The number of ketones is 1. The number of nitrogens with one attached hydrogen (secondary N) is 1. The van der Waals surface area contributed by atoms with Gasteiger partial charge in [-0.15, -0.1) is 0 Å². The lowest BCUT2D eigenvalue weighted by molar-refractivity contribution is 0.101. The van der Waals surface area contributed by atoms with Gasteiger partial charge in [0.1, 0.15) is 4.90 Å². The summed E-state index contributed by atoms with van der Waals surface area (Å²) in [7, 11) is -4.02. The third-order valence-electron chi connectivity index (χ3n) is 2.82. The Balaban J connectivity index is 2.50. The Hall–Kier alpha value is -1.27. The van der Waals surface area contributed by atoms with Crippen LogP contribution in [0.4, 0.5) is 5.69 Å². The molecule has 0 aliphatic rings. The molecule has 0 radical (unpaired) electrons. The van der Waals surface area contributed by atoms with E-state index in [1.54, 1.807) is 12.1 Å². The molecule has 0 amide bonds. The Kier molecular flexibility index (Phi) is 5.02. The second-order valence-electron chi connectivity index (χ2n) is 4.40. The summed E-state index contributed by atoms with van der Waals surface area (Å²) >= 11 is 17.6. The second kappa shape index (κ2) is 6.46. The fraction of sp³-hybridized carbons (Fsp3) is 0.0714. The average molecular weight is 379 g/mol. The Labute approximate surface area is 143 Å². The van der Waals surface area contributed by atoms with E-state index in [1.165, 1.54) is 25.1 Å². The maximum absolute atomic E-state index is 12.5. The van der Waals surface area contributed by atoms with Crippen LogP contribution >= 0.6 is 34.8 Å². The highest BCUT2D eigenvalue weighted by Crippen LogP contribution is 2.32. The highest BCUT2D eigenvalue weighted by Gasteiger charge is 2.21. The first-order valence-corrected chi connectivity index (χ1v) is 8.61. The quantitative estimate of drug-likeness (QED) is 0.622. The molecule has 0 atom stereocenters. The van der Waals surface area contributed by atoms with Gasteiger partial charge in [-0.2, -0.15) is 0 Å². The minimum absolute atomic E-state index is 0.0614. The van der Waals surface area contributed by atoms with E-state index in [4.69, 9.17) is 34.8 Å². The predicted molar refractivity (Wildman–Crippen MR) is 88.7 cm³/mol. The molecule has 1 N–H and O–H groups in total. The van der Waals surface area contributed by atoms with Crippen molar-refractivity contribution >= 4 is 56.3 Å². The van der Waals surface area contributed by atoms with Crippen molar-refractivity contribution in [1.29, 1.82) is 0 Å². The molecule has 0 unspecified atom stereocenters. The molecule has 8 heteroatoms. The number of hydrogen-bond donors (Lipinski definition) is 1. The van der Waals surface area contributed by atoms with Crippen LogP contribution in [0.3, 0.4) is 0 Å². The molecule has 22 heavy (non-hydrogen) atoms. The van der Waals surface area contributed by atoms with Gasteiger partial charge >= 0.3 is 0 Å². The van der Waals surface area contributed by atoms with Gasteiger partial charge in [-0.3, -0.25) is 9.52 Å². The fourth-order valence-electron chi connectivity index (χ4n) is 1.79. The van der Waals surface area contributed by atoms with Crippen molar-refractivity contribution < 1.29 is 13.2 Å². The van der Waals surface area contributed by atoms with Crippen molar-refractivity contribution in [1.82, 2.24) is 0 Å². The Morgan fingerprint density at radius 1 is 1.00 bits per heavy atom. The van der Waals surface area contributed by atoms with Crippen LogP contribution in [0.1, 0.15) is 17.3 Å². The maximum atomic E-state index is 12.5. The summed E-state index contributed by atoms with van der Waals surface area (Å²) in [6.45, 7) is 1.35. The van der Waals surface area contributed by atoms with E-state index in [2.05, 4.69) is 4.72 Å². The monoisotopic (exact) mass is 377 g/mol. The van der Waals surface area contributed by atoms with Gasteiger partial charge in [-0.05, 0) is 31.2 Å². The van der Waals surface area contributed by atoms with E-state index in [0.29, 0.717) is 0 Å². The average Bonchev–Trinajstić information content (AvgIpc) is 2.42. The maximum Gasteiger partial charge on any atom is 0.263 e. The normalized spacial score (nSPS) is 11.3. The summed E-state index contributed by atoms with van der Waals surface area (Å²) < 4.78 is 27.2. The molecule has 2 aromatic carbocycles. The number of anilines is 1. The summed E-state index contributed by atoms with van der Waals surface area (Å²) in [6.07, 6.45) is 0. The van der Waals surface area contributed by atoms with Gasteiger partial charge in [0.15, 0.2) is 5.78 Å². The van der Waals surface area contributed by atoms with Crippen molar-refractivity contribution in [2.24, 2.45) is 0 Å². The molecule has 2 aromatic rings. The number of hydrogen-bond acceptors (Lipinski definition) is 3.